The van der Waals surface area contributed by atoms with Crippen molar-refractivity contribution < 1.29 is 13.9 Å². The van der Waals surface area contributed by atoms with Gasteiger partial charge in [-0.1, -0.05) is 42.2 Å². The topological polar surface area (TPSA) is 18.5 Å². The van der Waals surface area contributed by atoms with Gasteiger partial charge in [0.1, 0.15) is 11.6 Å². The fourth-order valence-electron chi connectivity index (χ4n) is 1.69. The molecule has 2 aromatic rings. The molecule has 0 saturated carbocycles. The van der Waals surface area contributed by atoms with Crippen molar-refractivity contribution in [3.8, 4) is 17.6 Å². The first-order chi connectivity index (χ1) is 10.3. The summed E-state index contributed by atoms with van der Waals surface area (Å²) in [6.07, 6.45) is 0. The average molecular weight is 305 g/mol. The van der Waals surface area contributed by atoms with Gasteiger partial charge in [-0.3, -0.25) is 0 Å². The fraction of sp³-hybridized carbons (Fsp3) is 0.176. The largest absolute Gasteiger partial charge is 0.466 e. The summed E-state index contributed by atoms with van der Waals surface area (Å²) in [5.74, 6) is 5.71. The van der Waals surface area contributed by atoms with Gasteiger partial charge in [-0.2, -0.15) is 0 Å². The van der Waals surface area contributed by atoms with Crippen LogP contribution in [-0.4, -0.2) is 12.7 Å². The summed E-state index contributed by atoms with van der Waals surface area (Å²) in [6, 6.07) is 13.9. The van der Waals surface area contributed by atoms with Crippen LogP contribution in [0.15, 0.2) is 48.5 Å². The van der Waals surface area contributed by atoms with Gasteiger partial charge in [-0.05, 0) is 17.7 Å². The predicted molar refractivity (Wildman–Crippen MR) is 80.7 cm³/mol. The molecule has 0 atom stereocenters. The lowest BCUT2D eigenvalue weighted by Crippen LogP contribution is -2.04. The van der Waals surface area contributed by atoms with Crippen molar-refractivity contribution in [2.45, 2.75) is 6.61 Å². The van der Waals surface area contributed by atoms with Crippen LogP contribution in [0.4, 0.5) is 4.39 Å². The maximum Gasteiger partial charge on any atom is 0.189 e. The van der Waals surface area contributed by atoms with Gasteiger partial charge in [0, 0.05) is 6.07 Å². The van der Waals surface area contributed by atoms with Crippen molar-refractivity contribution in [2.75, 3.05) is 12.7 Å². The minimum Gasteiger partial charge on any atom is -0.466 e. The van der Waals surface area contributed by atoms with Gasteiger partial charge in [0.25, 0.3) is 0 Å². The zero-order chi connectivity index (χ0) is 14.9. The van der Waals surface area contributed by atoms with Crippen LogP contribution in [0, 0.1) is 17.7 Å². The van der Waals surface area contributed by atoms with Crippen LogP contribution in [-0.2, 0) is 11.3 Å². The van der Waals surface area contributed by atoms with E-state index in [1.807, 2.05) is 30.3 Å². The molecule has 0 heterocycles. The lowest BCUT2D eigenvalue weighted by molar-refractivity contribution is 0.00475. The molecule has 2 nitrogen and oxygen atoms in total. The maximum absolute atomic E-state index is 13.2. The third kappa shape index (κ3) is 5.11. The Morgan fingerprint density at radius 1 is 1.10 bits per heavy atom. The van der Waals surface area contributed by atoms with Crippen LogP contribution in [0.3, 0.4) is 0 Å². The van der Waals surface area contributed by atoms with Gasteiger partial charge >= 0.3 is 0 Å². The minimum absolute atomic E-state index is 0.0217. The molecular formula is C17H14ClFO2. The second-order valence-corrected chi connectivity index (χ2v) is 4.44. The lowest BCUT2D eigenvalue weighted by atomic mass is 10.2. The maximum atomic E-state index is 13.2. The molecule has 0 radical (unpaired) electrons. The number of alkyl halides is 1. The zero-order valence-corrected chi connectivity index (χ0v) is 12.1. The Bertz CT molecular complexity index is 632. The summed E-state index contributed by atoms with van der Waals surface area (Å²) in [7, 11) is 0. The first-order valence-corrected chi connectivity index (χ1v) is 6.92. The molecule has 0 fully saturated rings. The number of hydrogen-bond donors (Lipinski definition) is 0. The molecule has 0 aromatic heterocycles. The Labute approximate surface area is 128 Å². The molecule has 0 unspecified atom stereocenters. The highest BCUT2D eigenvalue weighted by molar-refractivity contribution is 6.19. The van der Waals surface area contributed by atoms with Crippen LogP contribution in [0.2, 0.25) is 0 Å². The van der Waals surface area contributed by atoms with Crippen molar-refractivity contribution in [3.63, 3.8) is 0 Å². The Morgan fingerprint density at radius 3 is 2.67 bits per heavy atom. The summed E-state index contributed by atoms with van der Waals surface area (Å²) >= 11 is 5.52. The molecule has 0 aliphatic rings. The molecule has 0 aliphatic heterocycles. The monoisotopic (exact) mass is 304 g/mol. The zero-order valence-electron chi connectivity index (χ0n) is 11.3. The molecule has 0 bridgehead atoms. The van der Waals surface area contributed by atoms with Crippen molar-refractivity contribution in [1.82, 2.24) is 0 Å². The van der Waals surface area contributed by atoms with E-state index >= 15 is 0 Å². The van der Waals surface area contributed by atoms with Gasteiger partial charge in [-0.25, -0.2) is 4.39 Å². The van der Waals surface area contributed by atoms with Gasteiger partial charge in [-0.15, -0.1) is 11.6 Å². The van der Waals surface area contributed by atoms with E-state index in [1.54, 1.807) is 6.07 Å². The summed E-state index contributed by atoms with van der Waals surface area (Å²) in [5, 5.41) is 0. The number of benzene rings is 2. The summed E-state index contributed by atoms with van der Waals surface area (Å²) in [6.45, 7) is 0.451. The number of halogens is 2. The molecule has 2 rings (SSSR count). The Balaban J connectivity index is 1.91. The first-order valence-electron chi connectivity index (χ1n) is 6.38. The highest BCUT2D eigenvalue weighted by atomic mass is 35.5. The van der Waals surface area contributed by atoms with E-state index in [0.29, 0.717) is 17.9 Å². The molecule has 0 N–H and O–H groups in total. The molecule has 2 aromatic carbocycles. The van der Waals surface area contributed by atoms with E-state index in [2.05, 4.69) is 11.8 Å². The van der Waals surface area contributed by atoms with Crippen molar-refractivity contribution in [3.05, 3.63) is 65.5 Å². The van der Waals surface area contributed by atoms with Crippen molar-refractivity contribution in [1.29, 1.82) is 0 Å². The first kappa shape index (κ1) is 15.4. The van der Waals surface area contributed by atoms with E-state index in [-0.39, 0.29) is 18.5 Å². The van der Waals surface area contributed by atoms with Crippen molar-refractivity contribution >= 4 is 11.6 Å². The highest BCUT2D eigenvalue weighted by Gasteiger charge is 2.03. The number of hydrogen-bond acceptors (Lipinski definition) is 2. The smallest absolute Gasteiger partial charge is 0.189 e. The van der Waals surface area contributed by atoms with E-state index in [9.17, 15) is 4.39 Å². The van der Waals surface area contributed by atoms with Gasteiger partial charge in [0.2, 0.25) is 0 Å². The summed E-state index contributed by atoms with van der Waals surface area (Å²) in [4.78, 5) is 0. The van der Waals surface area contributed by atoms with Gasteiger partial charge in [0.15, 0.2) is 6.79 Å². The lowest BCUT2D eigenvalue weighted by Gasteiger charge is -2.09. The summed E-state index contributed by atoms with van der Waals surface area (Å²) < 4.78 is 24.1. The van der Waals surface area contributed by atoms with E-state index in [0.717, 1.165) is 5.56 Å². The standard InChI is InChI=1S/C17H14ClFO2/c18-10-4-7-15-8-9-16(19)11-17(15)21-13-20-12-14-5-2-1-3-6-14/h1-3,5-6,8-9,11H,10,12-13H2. The van der Waals surface area contributed by atoms with E-state index < -0.39 is 0 Å². The molecule has 4 heteroatoms. The van der Waals surface area contributed by atoms with Crippen LogP contribution in [0.25, 0.3) is 0 Å². The number of ether oxygens (including phenoxy) is 2. The van der Waals surface area contributed by atoms with Gasteiger partial charge in [0.05, 0.1) is 18.1 Å². The van der Waals surface area contributed by atoms with Crippen LogP contribution >= 0.6 is 11.6 Å². The summed E-state index contributed by atoms with van der Waals surface area (Å²) in [5.41, 5.74) is 1.63. The quantitative estimate of drug-likeness (QED) is 0.360. The highest BCUT2D eigenvalue weighted by Crippen LogP contribution is 2.19. The average Bonchev–Trinajstić information content (AvgIpc) is 2.52. The Kier molecular flexibility index (Phi) is 6.08. The normalized spacial score (nSPS) is 9.81. The molecular weight excluding hydrogens is 291 g/mol. The van der Waals surface area contributed by atoms with E-state index in [1.165, 1.54) is 12.1 Å². The third-order valence-electron chi connectivity index (χ3n) is 2.64. The van der Waals surface area contributed by atoms with Gasteiger partial charge < -0.3 is 9.47 Å². The second kappa shape index (κ2) is 8.31. The van der Waals surface area contributed by atoms with Crippen LogP contribution < -0.4 is 4.74 Å². The molecule has 0 spiro atoms. The Hall–Kier alpha value is -2.02. The number of rotatable bonds is 5. The predicted octanol–water partition coefficient (Wildman–Crippen LogP) is 3.97. The molecule has 108 valence electrons. The van der Waals surface area contributed by atoms with Crippen LogP contribution in [0.5, 0.6) is 5.75 Å². The SMILES string of the molecule is Fc1ccc(C#CCCl)c(OCOCc2ccccc2)c1. The molecule has 21 heavy (non-hydrogen) atoms. The van der Waals surface area contributed by atoms with Crippen molar-refractivity contribution in [2.24, 2.45) is 0 Å². The minimum atomic E-state index is -0.385. The fourth-order valence-corrected chi connectivity index (χ4v) is 1.75. The molecule has 0 aliphatic carbocycles. The Morgan fingerprint density at radius 2 is 1.90 bits per heavy atom. The molecule has 0 saturated heterocycles. The second-order valence-electron chi connectivity index (χ2n) is 4.17. The van der Waals surface area contributed by atoms with Crippen LogP contribution in [0.1, 0.15) is 11.1 Å². The third-order valence-corrected chi connectivity index (χ3v) is 2.78. The van der Waals surface area contributed by atoms with E-state index in [4.69, 9.17) is 21.1 Å². The molecule has 0 amide bonds.